The number of hydrogen-bond acceptors (Lipinski definition) is 5. The molecule has 1 aliphatic heterocycles. The highest BCUT2D eigenvalue weighted by atomic mass is 16.5. The molecule has 0 saturated heterocycles. The molecule has 0 radical (unpaired) electrons. The van der Waals surface area contributed by atoms with Crippen molar-refractivity contribution in [2.24, 2.45) is 0 Å². The predicted molar refractivity (Wildman–Crippen MR) is 99.9 cm³/mol. The first-order chi connectivity index (χ1) is 13.3. The lowest BCUT2D eigenvalue weighted by molar-refractivity contribution is -0.121. The van der Waals surface area contributed by atoms with E-state index in [0.717, 1.165) is 17.5 Å². The van der Waals surface area contributed by atoms with Gasteiger partial charge in [0.25, 0.3) is 0 Å². The van der Waals surface area contributed by atoms with Crippen molar-refractivity contribution in [3.05, 3.63) is 71.6 Å². The molecule has 2 heterocycles. The minimum absolute atomic E-state index is 0.0545. The van der Waals surface area contributed by atoms with Crippen LogP contribution >= 0.6 is 0 Å². The van der Waals surface area contributed by atoms with E-state index in [4.69, 9.17) is 9.26 Å². The largest absolute Gasteiger partial charge is 0.371 e. The molecule has 0 bridgehead atoms. The van der Waals surface area contributed by atoms with E-state index in [-0.39, 0.29) is 12.0 Å². The second-order valence-electron chi connectivity index (χ2n) is 6.49. The Kier molecular flexibility index (Phi) is 5.25. The number of ether oxygens (including phenoxy) is 1. The van der Waals surface area contributed by atoms with Crippen LogP contribution in [0.15, 0.2) is 59.1 Å². The average Bonchev–Trinajstić information content (AvgIpc) is 3.20. The van der Waals surface area contributed by atoms with E-state index >= 15 is 0 Å². The molecule has 0 unspecified atom stereocenters. The van der Waals surface area contributed by atoms with Crippen molar-refractivity contribution < 1.29 is 14.1 Å². The van der Waals surface area contributed by atoms with E-state index in [1.807, 2.05) is 42.5 Å². The predicted octanol–water partition coefficient (Wildman–Crippen LogP) is 3.10. The Morgan fingerprint density at radius 3 is 2.81 bits per heavy atom. The van der Waals surface area contributed by atoms with Gasteiger partial charge in [0.1, 0.15) is 6.10 Å². The van der Waals surface area contributed by atoms with Gasteiger partial charge in [-0.3, -0.25) is 4.79 Å². The van der Waals surface area contributed by atoms with Gasteiger partial charge in [0.05, 0.1) is 6.61 Å². The molecule has 1 amide bonds. The summed E-state index contributed by atoms with van der Waals surface area (Å²) >= 11 is 0. The van der Waals surface area contributed by atoms with E-state index in [2.05, 4.69) is 27.6 Å². The number of carbonyl (C=O) groups excluding carboxylic acids is 1. The molecule has 138 valence electrons. The van der Waals surface area contributed by atoms with Gasteiger partial charge < -0.3 is 14.6 Å². The minimum atomic E-state index is -0.0908. The van der Waals surface area contributed by atoms with Crippen LogP contribution in [0.2, 0.25) is 0 Å². The molecule has 0 spiro atoms. The first-order valence-electron chi connectivity index (χ1n) is 9.14. The summed E-state index contributed by atoms with van der Waals surface area (Å²) in [6.45, 7) is 1.15. The van der Waals surface area contributed by atoms with Gasteiger partial charge in [0, 0.05) is 24.9 Å². The Hall–Kier alpha value is -2.99. The van der Waals surface area contributed by atoms with Gasteiger partial charge in [-0.25, -0.2) is 0 Å². The SMILES string of the molecule is O=C(CCc1nc(-c2ccccc2)no1)NC[C@@H]1OCCc2ccccc21. The molecule has 0 aliphatic carbocycles. The maximum absolute atomic E-state index is 12.2. The number of rotatable bonds is 6. The monoisotopic (exact) mass is 363 g/mol. The van der Waals surface area contributed by atoms with E-state index in [9.17, 15) is 4.79 Å². The summed E-state index contributed by atoms with van der Waals surface area (Å²) in [4.78, 5) is 16.5. The van der Waals surface area contributed by atoms with Crippen LogP contribution in [0, 0.1) is 0 Å². The maximum atomic E-state index is 12.2. The number of aryl methyl sites for hydroxylation is 1. The molecule has 1 atom stereocenters. The van der Waals surface area contributed by atoms with Gasteiger partial charge in [0.2, 0.25) is 17.6 Å². The van der Waals surface area contributed by atoms with Gasteiger partial charge in [-0.1, -0.05) is 59.8 Å². The molecule has 1 aliphatic rings. The molecule has 1 aromatic heterocycles. The van der Waals surface area contributed by atoms with Crippen LogP contribution in [0.25, 0.3) is 11.4 Å². The zero-order valence-electron chi connectivity index (χ0n) is 14.9. The second-order valence-corrected chi connectivity index (χ2v) is 6.49. The van der Waals surface area contributed by atoms with E-state index in [1.165, 1.54) is 5.56 Å². The van der Waals surface area contributed by atoms with Crippen molar-refractivity contribution in [2.75, 3.05) is 13.2 Å². The summed E-state index contributed by atoms with van der Waals surface area (Å²) in [5, 5.41) is 6.92. The number of carbonyl (C=O) groups is 1. The zero-order valence-corrected chi connectivity index (χ0v) is 14.9. The molecular formula is C21H21N3O3. The molecule has 27 heavy (non-hydrogen) atoms. The molecule has 6 heteroatoms. The van der Waals surface area contributed by atoms with Crippen molar-refractivity contribution in [2.45, 2.75) is 25.4 Å². The molecular weight excluding hydrogens is 342 g/mol. The highest BCUT2D eigenvalue weighted by Crippen LogP contribution is 2.26. The van der Waals surface area contributed by atoms with Crippen molar-refractivity contribution in [1.29, 1.82) is 0 Å². The Balaban J connectivity index is 1.28. The van der Waals surface area contributed by atoms with Crippen LogP contribution in [0.5, 0.6) is 0 Å². The van der Waals surface area contributed by atoms with Crippen LogP contribution in [0.1, 0.15) is 29.5 Å². The van der Waals surface area contributed by atoms with Gasteiger partial charge in [-0.2, -0.15) is 4.98 Å². The summed E-state index contributed by atoms with van der Waals surface area (Å²) in [7, 11) is 0. The van der Waals surface area contributed by atoms with Crippen LogP contribution in [0.4, 0.5) is 0 Å². The lowest BCUT2D eigenvalue weighted by Gasteiger charge is -2.26. The molecule has 4 rings (SSSR count). The average molecular weight is 363 g/mol. The standard InChI is InChI=1S/C21H21N3O3/c25-19(22-14-18-17-9-5-4-6-15(17)12-13-26-18)10-11-20-23-21(24-27-20)16-7-2-1-3-8-16/h1-9,18H,10-14H2,(H,22,25)/t18-/m0/s1. The minimum Gasteiger partial charge on any atom is -0.371 e. The highest BCUT2D eigenvalue weighted by Gasteiger charge is 2.21. The molecule has 0 saturated carbocycles. The maximum Gasteiger partial charge on any atom is 0.227 e. The van der Waals surface area contributed by atoms with Crippen LogP contribution in [0.3, 0.4) is 0 Å². The summed E-state index contributed by atoms with van der Waals surface area (Å²) in [6, 6.07) is 17.8. The normalized spacial score (nSPS) is 15.9. The molecule has 0 fully saturated rings. The van der Waals surface area contributed by atoms with Gasteiger partial charge in [0.15, 0.2) is 0 Å². The number of benzene rings is 2. The van der Waals surface area contributed by atoms with Gasteiger partial charge >= 0.3 is 0 Å². The third-order valence-electron chi connectivity index (χ3n) is 4.64. The number of nitrogens with one attached hydrogen (secondary N) is 1. The van der Waals surface area contributed by atoms with Crippen molar-refractivity contribution in [1.82, 2.24) is 15.5 Å². The van der Waals surface area contributed by atoms with Crippen LogP contribution in [-0.2, 0) is 22.4 Å². The Labute approximate surface area is 157 Å². The summed E-state index contributed by atoms with van der Waals surface area (Å²) < 4.78 is 11.1. The fourth-order valence-corrected chi connectivity index (χ4v) is 3.22. The Morgan fingerprint density at radius 2 is 1.93 bits per heavy atom. The topological polar surface area (TPSA) is 77.2 Å². The van der Waals surface area contributed by atoms with Gasteiger partial charge in [-0.05, 0) is 17.5 Å². The quantitative estimate of drug-likeness (QED) is 0.728. The summed E-state index contributed by atoms with van der Waals surface area (Å²) in [5.74, 6) is 0.947. The number of amides is 1. The Bertz CT molecular complexity index is 908. The lowest BCUT2D eigenvalue weighted by Crippen LogP contribution is -2.32. The van der Waals surface area contributed by atoms with Crippen molar-refractivity contribution in [3.63, 3.8) is 0 Å². The fraction of sp³-hybridized carbons (Fsp3) is 0.286. The number of aromatic nitrogens is 2. The van der Waals surface area contributed by atoms with E-state index in [1.54, 1.807) is 0 Å². The van der Waals surface area contributed by atoms with E-state index < -0.39 is 0 Å². The summed E-state index contributed by atoms with van der Waals surface area (Å²) in [6.07, 6.45) is 1.53. The second kappa shape index (κ2) is 8.14. The molecule has 6 nitrogen and oxygen atoms in total. The first-order valence-corrected chi connectivity index (χ1v) is 9.14. The third kappa shape index (κ3) is 4.23. The summed E-state index contributed by atoms with van der Waals surface area (Å²) in [5.41, 5.74) is 3.35. The fourth-order valence-electron chi connectivity index (χ4n) is 3.22. The van der Waals surface area contributed by atoms with Crippen molar-refractivity contribution in [3.8, 4) is 11.4 Å². The van der Waals surface area contributed by atoms with E-state index in [0.29, 0.717) is 37.7 Å². The van der Waals surface area contributed by atoms with Crippen LogP contribution in [-0.4, -0.2) is 29.2 Å². The third-order valence-corrected chi connectivity index (χ3v) is 4.64. The molecule has 2 aromatic carbocycles. The molecule has 1 N–H and O–H groups in total. The smallest absolute Gasteiger partial charge is 0.227 e. The number of fused-ring (bicyclic) bond motifs is 1. The van der Waals surface area contributed by atoms with Crippen LogP contribution < -0.4 is 5.32 Å². The number of hydrogen-bond donors (Lipinski definition) is 1. The van der Waals surface area contributed by atoms with Gasteiger partial charge in [-0.15, -0.1) is 0 Å². The molecule has 3 aromatic rings. The van der Waals surface area contributed by atoms with Crippen molar-refractivity contribution >= 4 is 5.91 Å². The number of nitrogens with zero attached hydrogens (tertiary/aromatic N) is 2. The Morgan fingerprint density at radius 1 is 1.11 bits per heavy atom. The zero-order chi connectivity index (χ0) is 18.5. The first kappa shape index (κ1) is 17.4. The highest BCUT2D eigenvalue weighted by molar-refractivity contribution is 5.76. The lowest BCUT2D eigenvalue weighted by atomic mass is 9.97.